The first-order valence-corrected chi connectivity index (χ1v) is 12.2. The van der Waals surface area contributed by atoms with Crippen LogP contribution in [0.4, 0.5) is 0 Å². The Morgan fingerprint density at radius 2 is 1.97 bits per heavy atom. The Labute approximate surface area is 206 Å². The van der Waals surface area contributed by atoms with E-state index in [1.807, 2.05) is 51.1 Å². The molecule has 0 spiro atoms. The Hall–Kier alpha value is -2.97. The fourth-order valence-corrected chi connectivity index (χ4v) is 4.82. The highest BCUT2D eigenvalue weighted by Gasteiger charge is 2.40. The number of aromatic nitrogens is 2. The van der Waals surface area contributed by atoms with E-state index in [1.165, 1.54) is 6.39 Å². The molecule has 0 aliphatic carbocycles. The summed E-state index contributed by atoms with van der Waals surface area (Å²) in [5.41, 5.74) is 3.52. The van der Waals surface area contributed by atoms with Crippen molar-refractivity contribution in [2.75, 3.05) is 13.1 Å². The Morgan fingerprint density at radius 3 is 2.54 bits per heavy atom. The second-order valence-electron chi connectivity index (χ2n) is 10.8. The minimum atomic E-state index is -0.539. The van der Waals surface area contributed by atoms with Crippen LogP contribution in [0.2, 0.25) is 0 Å². The Kier molecular flexibility index (Phi) is 7.15. The van der Waals surface area contributed by atoms with Crippen LogP contribution >= 0.6 is 0 Å². The normalized spacial score (nSPS) is 20.7. The number of aryl methyl sites for hydroxylation is 2. The number of β-amino-alcohol motifs (C(OH)–C–C–N with tert-alkyl or cyclic N) is 1. The smallest absolute Gasteiger partial charge is 0.237 e. The molecule has 2 N–H and O–H groups in total. The van der Waals surface area contributed by atoms with Crippen molar-refractivity contribution in [2.45, 2.75) is 72.1 Å². The van der Waals surface area contributed by atoms with Crippen LogP contribution in [0, 0.1) is 19.3 Å². The molecular weight excluding hydrogens is 444 g/mol. The SMILES string of the molecule is Cc1cc([C@H](CN2C[C@H](O)C[C@H]2C(=O)N[C@@H](C)c2ccc(-c3ocnc3C)cc2)C(C)(C)C)on1. The molecule has 0 unspecified atom stereocenters. The number of amides is 1. The number of aliphatic hydroxyl groups excluding tert-OH is 1. The van der Waals surface area contributed by atoms with Crippen LogP contribution in [0.5, 0.6) is 0 Å². The number of benzene rings is 1. The number of carbonyl (C=O) groups is 1. The summed E-state index contributed by atoms with van der Waals surface area (Å²) in [7, 11) is 0. The third-order valence-corrected chi connectivity index (χ3v) is 6.91. The number of likely N-dealkylation sites (tertiary alicyclic amines) is 1. The van der Waals surface area contributed by atoms with Crippen LogP contribution in [-0.4, -0.2) is 51.3 Å². The van der Waals surface area contributed by atoms with Gasteiger partial charge in [0.05, 0.1) is 29.6 Å². The molecule has 4 rings (SSSR count). The van der Waals surface area contributed by atoms with Gasteiger partial charge >= 0.3 is 0 Å². The Balaban J connectivity index is 1.45. The van der Waals surface area contributed by atoms with Gasteiger partial charge in [0.2, 0.25) is 5.91 Å². The second-order valence-corrected chi connectivity index (χ2v) is 10.8. The van der Waals surface area contributed by atoms with Crippen LogP contribution < -0.4 is 5.32 Å². The van der Waals surface area contributed by atoms with Gasteiger partial charge < -0.3 is 19.4 Å². The molecule has 8 nitrogen and oxygen atoms in total. The standard InChI is InChI=1S/C27H36N4O4/c1-16-11-24(35-30-16)22(27(4,5)6)14-31-13-21(32)12-23(31)26(33)29-17(2)19-7-9-20(10-8-19)25-18(3)28-15-34-25/h7-11,15,17,21-23,32H,12-14H2,1-6H3,(H,29,33)/t17-,21+,22-,23-/m0/s1. The lowest BCUT2D eigenvalue weighted by molar-refractivity contribution is -0.126. The minimum absolute atomic E-state index is 0.0359. The van der Waals surface area contributed by atoms with E-state index in [0.29, 0.717) is 19.5 Å². The van der Waals surface area contributed by atoms with Crippen LogP contribution in [0.1, 0.15) is 68.8 Å². The lowest BCUT2D eigenvalue weighted by Crippen LogP contribution is -2.46. The van der Waals surface area contributed by atoms with Crippen LogP contribution in [-0.2, 0) is 4.79 Å². The van der Waals surface area contributed by atoms with Crippen molar-refractivity contribution in [3.05, 3.63) is 59.4 Å². The van der Waals surface area contributed by atoms with Gasteiger partial charge in [-0.3, -0.25) is 9.69 Å². The fourth-order valence-electron chi connectivity index (χ4n) is 4.82. The molecule has 0 saturated carbocycles. The molecule has 1 aliphatic heterocycles. The first-order valence-electron chi connectivity index (χ1n) is 12.2. The summed E-state index contributed by atoms with van der Waals surface area (Å²) in [6, 6.07) is 9.31. The van der Waals surface area contributed by atoms with Crippen molar-refractivity contribution in [3.8, 4) is 11.3 Å². The number of nitrogens with zero attached hydrogens (tertiary/aromatic N) is 3. The van der Waals surface area contributed by atoms with Gasteiger partial charge in [0.25, 0.3) is 0 Å². The summed E-state index contributed by atoms with van der Waals surface area (Å²) in [6.07, 6.45) is 1.31. The quantitative estimate of drug-likeness (QED) is 0.517. The molecule has 2 aromatic heterocycles. The van der Waals surface area contributed by atoms with Gasteiger partial charge in [0.1, 0.15) is 5.76 Å². The van der Waals surface area contributed by atoms with Crippen LogP contribution in [0.25, 0.3) is 11.3 Å². The molecule has 8 heteroatoms. The Bertz CT molecular complexity index is 1140. The maximum atomic E-state index is 13.3. The van der Waals surface area contributed by atoms with Crippen molar-refractivity contribution in [3.63, 3.8) is 0 Å². The van der Waals surface area contributed by atoms with E-state index < -0.39 is 12.1 Å². The maximum absolute atomic E-state index is 13.3. The van der Waals surface area contributed by atoms with E-state index in [2.05, 4.69) is 41.1 Å². The highest BCUT2D eigenvalue weighted by molar-refractivity contribution is 5.82. The molecule has 1 amide bonds. The summed E-state index contributed by atoms with van der Waals surface area (Å²) in [5.74, 6) is 1.52. The molecule has 0 bridgehead atoms. The average Bonchev–Trinajstić information content (AvgIpc) is 3.51. The summed E-state index contributed by atoms with van der Waals surface area (Å²) in [6.45, 7) is 13.3. The molecule has 3 aromatic rings. The molecule has 1 saturated heterocycles. The first kappa shape index (κ1) is 25.1. The third kappa shape index (κ3) is 5.65. The van der Waals surface area contributed by atoms with Gasteiger partial charge in [-0.15, -0.1) is 0 Å². The van der Waals surface area contributed by atoms with Gasteiger partial charge in [-0.1, -0.05) is 50.2 Å². The van der Waals surface area contributed by atoms with E-state index in [9.17, 15) is 9.90 Å². The molecule has 1 fully saturated rings. The van der Waals surface area contributed by atoms with E-state index in [-0.39, 0.29) is 23.3 Å². The number of rotatable bonds is 7. The molecule has 0 radical (unpaired) electrons. The van der Waals surface area contributed by atoms with E-state index in [4.69, 9.17) is 8.94 Å². The van der Waals surface area contributed by atoms with Gasteiger partial charge in [0.15, 0.2) is 12.2 Å². The average molecular weight is 481 g/mol. The predicted molar refractivity (Wildman–Crippen MR) is 133 cm³/mol. The zero-order valence-corrected chi connectivity index (χ0v) is 21.4. The van der Waals surface area contributed by atoms with Gasteiger partial charge in [-0.05, 0) is 38.2 Å². The number of nitrogens with one attached hydrogen (secondary N) is 1. The van der Waals surface area contributed by atoms with E-state index in [1.54, 1.807) is 0 Å². The second kappa shape index (κ2) is 9.95. The van der Waals surface area contributed by atoms with Crippen molar-refractivity contribution in [2.24, 2.45) is 5.41 Å². The number of hydrogen-bond donors (Lipinski definition) is 2. The zero-order chi connectivity index (χ0) is 25.3. The largest absolute Gasteiger partial charge is 0.443 e. The van der Waals surface area contributed by atoms with Crippen molar-refractivity contribution >= 4 is 5.91 Å². The van der Waals surface area contributed by atoms with E-state index >= 15 is 0 Å². The fraction of sp³-hybridized carbons (Fsp3) is 0.519. The number of hydrogen-bond acceptors (Lipinski definition) is 7. The number of oxazole rings is 1. The van der Waals surface area contributed by atoms with Gasteiger partial charge in [0, 0.05) is 30.6 Å². The van der Waals surface area contributed by atoms with Crippen LogP contribution in [0.15, 0.2) is 45.7 Å². The monoisotopic (exact) mass is 480 g/mol. The lowest BCUT2D eigenvalue weighted by Gasteiger charge is -2.34. The topological polar surface area (TPSA) is 105 Å². The number of aliphatic hydroxyl groups is 1. The zero-order valence-electron chi connectivity index (χ0n) is 21.4. The highest BCUT2D eigenvalue weighted by Crippen LogP contribution is 2.37. The molecular formula is C27H36N4O4. The van der Waals surface area contributed by atoms with Crippen molar-refractivity contribution < 1.29 is 18.8 Å². The van der Waals surface area contributed by atoms with Crippen LogP contribution in [0.3, 0.4) is 0 Å². The van der Waals surface area contributed by atoms with Crippen molar-refractivity contribution in [1.82, 2.24) is 20.4 Å². The Morgan fingerprint density at radius 1 is 1.26 bits per heavy atom. The third-order valence-electron chi connectivity index (χ3n) is 6.91. The molecule has 1 aliphatic rings. The predicted octanol–water partition coefficient (Wildman–Crippen LogP) is 4.39. The van der Waals surface area contributed by atoms with E-state index in [0.717, 1.165) is 34.0 Å². The summed E-state index contributed by atoms with van der Waals surface area (Å²) in [5, 5.41) is 17.6. The summed E-state index contributed by atoms with van der Waals surface area (Å²) >= 11 is 0. The van der Waals surface area contributed by atoms with Gasteiger partial charge in [-0.25, -0.2) is 4.98 Å². The number of carbonyl (C=O) groups excluding carboxylic acids is 1. The maximum Gasteiger partial charge on any atom is 0.237 e. The summed E-state index contributed by atoms with van der Waals surface area (Å²) < 4.78 is 11.1. The van der Waals surface area contributed by atoms with Crippen molar-refractivity contribution in [1.29, 1.82) is 0 Å². The molecule has 35 heavy (non-hydrogen) atoms. The molecule has 1 aromatic carbocycles. The minimum Gasteiger partial charge on any atom is -0.443 e. The molecule has 188 valence electrons. The molecule has 3 heterocycles. The lowest BCUT2D eigenvalue weighted by atomic mass is 9.78. The first-order chi connectivity index (χ1) is 16.5. The molecule has 4 atom stereocenters. The summed E-state index contributed by atoms with van der Waals surface area (Å²) in [4.78, 5) is 19.6. The highest BCUT2D eigenvalue weighted by atomic mass is 16.5. The van der Waals surface area contributed by atoms with Gasteiger partial charge in [-0.2, -0.15) is 0 Å².